The standard InChI is InChI=1S/C18H26O4/c1-3-4-5-6-7-8-9-10-14-11-15(17(19)20)12-16(13(14)2)18(21)22/h11-12H,3-10H2,1-2H3,(H,19,20)(H,21,22). The number of benzene rings is 1. The van der Waals surface area contributed by atoms with Gasteiger partial charge in [0.25, 0.3) is 0 Å². The van der Waals surface area contributed by atoms with E-state index in [2.05, 4.69) is 6.92 Å². The van der Waals surface area contributed by atoms with Crippen molar-refractivity contribution in [3.8, 4) is 0 Å². The van der Waals surface area contributed by atoms with Crippen LogP contribution in [0.15, 0.2) is 12.1 Å². The van der Waals surface area contributed by atoms with Crippen LogP contribution in [-0.2, 0) is 6.42 Å². The molecule has 0 saturated heterocycles. The van der Waals surface area contributed by atoms with Crippen molar-refractivity contribution in [2.24, 2.45) is 0 Å². The molecule has 0 aromatic heterocycles. The van der Waals surface area contributed by atoms with Gasteiger partial charge in [0.15, 0.2) is 0 Å². The minimum Gasteiger partial charge on any atom is -0.478 e. The first-order chi connectivity index (χ1) is 10.5. The minimum absolute atomic E-state index is 0.0564. The molecular formula is C18H26O4. The van der Waals surface area contributed by atoms with Gasteiger partial charge in [-0.3, -0.25) is 0 Å². The Labute approximate surface area is 132 Å². The van der Waals surface area contributed by atoms with Crippen molar-refractivity contribution in [2.45, 2.75) is 65.2 Å². The maximum absolute atomic E-state index is 11.2. The van der Waals surface area contributed by atoms with Crippen LogP contribution in [0.4, 0.5) is 0 Å². The monoisotopic (exact) mass is 306 g/mol. The number of carboxylic acid groups (broad SMARTS) is 2. The fourth-order valence-electron chi connectivity index (χ4n) is 2.65. The van der Waals surface area contributed by atoms with E-state index in [-0.39, 0.29) is 11.1 Å². The third-order valence-electron chi connectivity index (χ3n) is 4.04. The van der Waals surface area contributed by atoms with Crippen LogP contribution < -0.4 is 0 Å². The Morgan fingerprint density at radius 2 is 1.50 bits per heavy atom. The third kappa shape index (κ3) is 5.51. The molecule has 1 aromatic rings. The number of aryl methyl sites for hydroxylation is 1. The topological polar surface area (TPSA) is 74.6 Å². The summed E-state index contributed by atoms with van der Waals surface area (Å²) in [6.45, 7) is 3.95. The van der Waals surface area contributed by atoms with Crippen molar-refractivity contribution in [1.29, 1.82) is 0 Å². The number of hydrogen-bond acceptors (Lipinski definition) is 2. The third-order valence-corrected chi connectivity index (χ3v) is 4.04. The molecule has 1 rings (SSSR count). The maximum atomic E-state index is 11.2. The van der Waals surface area contributed by atoms with Gasteiger partial charge in [-0.1, -0.05) is 45.4 Å². The molecule has 22 heavy (non-hydrogen) atoms. The Kier molecular flexibility index (Phi) is 7.64. The number of unbranched alkanes of at least 4 members (excludes halogenated alkanes) is 6. The number of carboxylic acids is 2. The highest BCUT2D eigenvalue weighted by Crippen LogP contribution is 2.20. The molecule has 0 radical (unpaired) electrons. The molecule has 0 saturated carbocycles. The van der Waals surface area contributed by atoms with Crippen LogP contribution in [0.2, 0.25) is 0 Å². The van der Waals surface area contributed by atoms with Gasteiger partial charge in [0.1, 0.15) is 0 Å². The molecule has 0 fully saturated rings. The van der Waals surface area contributed by atoms with Crippen LogP contribution in [0, 0.1) is 6.92 Å². The van der Waals surface area contributed by atoms with E-state index >= 15 is 0 Å². The Morgan fingerprint density at radius 3 is 2.05 bits per heavy atom. The zero-order valence-electron chi connectivity index (χ0n) is 13.5. The lowest BCUT2D eigenvalue weighted by atomic mass is 9.94. The number of carbonyl (C=O) groups is 2. The molecule has 1 aromatic carbocycles. The molecule has 4 nitrogen and oxygen atoms in total. The molecule has 0 amide bonds. The Hall–Kier alpha value is -1.84. The van der Waals surface area contributed by atoms with Crippen molar-refractivity contribution in [3.05, 3.63) is 34.4 Å². The minimum atomic E-state index is -1.08. The van der Waals surface area contributed by atoms with Crippen molar-refractivity contribution in [1.82, 2.24) is 0 Å². The molecule has 0 spiro atoms. The quantitative estimate of drug-likeness (QED) is 0.615. The molecule has 0 aliphatic rings. The molecule has 122 valence electrons. The van der Waals surface area contributed by atoms with E-state index in [4.69, 9.17) is 5.11 Å². The lowest BCUT2D eigenvalue weighted by Crippen LogP contribution is -2.08. The fraction of sp³-hybridized carbons (Fsp3) is 0.556. The highest BCUT2D eigenvalue weighted by Gasteiger charge is 2.15. The van der Waals surface area contributed by atoms with Gasteiger partial charge in [0.05, 0.1) is 11.1 Å². The lowest BCUT2D eigenvalue weighted by molar-refractivity contribution is 0.0695. The van der Waals surface area contributed by atoms with Crippen LogP contribution in [0.25, 0.3) is 0 Å². The van der Waals surface area contributed by atoms with Gasteiger partial charge >= 0.3 is 11.9 Å². The van der Waals surface area contributed by atoms with E-state index < -0.39 is 11.9 Å². The first kappa shape index (κ1) is 18.2. The summed E-state index contributed by atoms with van der Waals surface area (Å²) in [6.07, 6.45) is 9.01. The van der Waals surface area contributed by atoms with E-state index in [0.29, 0.717) is 5.56 Å². The van der Waals surface area contributed by atoms with Gasteiger partial charge < -0.3 is 10.2 Å². The summed E-state index contributed by atoms with van der Waals surface area (Å²) in [7, 11) is 0. The summed E-state index contributed by atoms with van der Waals surface area (Å²) in [4.78, 5) is 22.4. The van der Waals surface area contributed by atoms with Gasteiger partial charge in [-0.05, 0) is 43.0 Å². The Bertz CT molecular complexity index is 520. The first-order valence-corrected chi connectivity index (χ1v) is 8.07. The normalized spacial score (nSPS) is 10.6. The highest BCUT2D eigenvalue weighted by atomic mass is 16.4. The van der Waals surface area contributed by atoms with E-state index in [1.807, 2.05) is 0 Å². The van der Waals surface area contributed by atoms with Gasteiger partial charge in [-0.2, -0.15) is 0 Å². The van der Waals surface area contributed by atoms with E-state index in [9.17, 15) is 14.7 Å². The smallest absolute Gasteiger partial charge is 0.335 e. The number of hydrogen-bond donors (Lipinski definition) is 2. The largest absolute Gasteiger partial charge is 0.478 e. The zero-order chi connectivity index (χ0) is 16.5. The van der Waals surface area contributed by atoms with Crippen LogP contribution in [0.1, 0.15) is 83.7 Å². The van der Waals surface area contributed by atoms with E-state index in [1.54, 1.807) is 13.0 Å². The molecule has 0 unspecified atom stereocenters. The second-order valence-electron chi connectivity index (χ2n) is 5.79. The molecule has 0 aliphatic carbocycles. The summed E-state index contributed by atoms with van der Waals surface area (Å²) in [5.41, 5.74) is 1.67. The van der Waals surface area contributed by atoms with Crippen molar-refractivity contribution >= 4 is 11.9 Å². The van der Waals surface area contributed by atoms with Gasteiger partial charge in [-0.25, -0.2) is 9.59 Å². The van der Waals surface area contributed by atoms with Crippen LogP contribution in [0.3, 0.4) is 0 Å². The van der Waals surface area contributed by atoms with Crippen molar-refractivity contribution in [3.63, 3.8) is 0 Å². The van der Waals surface area contributed by atoms with Gasteiger partial charge in [-0.15, -0.1) is 0 Å². The molecule has 0 atom stereocenters. The number of rotatable bonds is 10. The fourth-order valence-corrected chi connectivity index (χ4v) is 2.65. The Morgan fingerprint density at radius 1 is 0.909 bits per heavy atom. The predicted octanol–water partition coefficient (Wildman–Crippen LogP) is 4.68. The molecular weight excluding hydrogens is 280 g/mol. The second-order valence-corrected chi connectivity index (χ2v) is 5.79. The average molecular weight is 306 g/mol. The van der Waals surface area contributed by atoms with E-state index in [0.717, 1.165) is 24.8 Å². The first-order valence-electron chi connectivity index (χ1n) is 8.07. The predicted molar refractivity (Wildman–Crippen MR) is 86.8 cm³/mol. The van der Waals surface area contributed by atoms with Crippen molar-refractivity contribution < 1.29 is 19.8 Å². The van der Waals surface area contributed by atoms with Gasteiger partial charge in [0, 0.05) is 0 Å². The summed E-state index contributed by atoms with van der Waals surface area (Å²) >= 11 is 0. The summed E-state index contributed by atoms with van der Waals surface area (Å²) < 4.78 is 0. The number of aromatic carboxylic acids is 2. The molecule has 0 bridgehead atoms. The second kappa shape index (κ2) is 9.23. The van der Waals surface area contributed by atoms with Crippen LogP contribution >= 0.6 is 0 Å². The van der Waals surface area contributed by atoms with E-state index in [1.165, 1.54) is 38.2 Å². The van der Waals surface area contributed by atoms with Crippen LogP contribution in [-0.4, -0.2) is 22.2 Å². The SMILES string of the molecule is CCCCCCCCCc1cc(C(=O)O)cc(C(=O)O)c1C. The summed E-state index contributed by atoms with van der Waals surface area (Å²) in [6, 6.07) is 2.86. The Balaban J connectivity index is 2.65. The maximum Gasteiger partial charge on any atom is 0.335 e. The van der Waals surface area contributed by atoms with Crippen molar-refractivity contribution in [2.75, 3.05) is 0 Å². The van der Waals surface area contributed by atoms with Gasteiger partial charge in [0.2, 0.25) is 0 Å². The average Bonchev–Trinajstić information content (AvgIpc) is 2.47. The highest BCUT2D eigenvalue weighted by molar-refractivity contribution is 5.95. The molecule has 0 heterocycles. The molecule has 0 aliphatic heterocycles. The lowest BCUT2D eigenvalue weighted by Gasteiger charge is -2.11. The molecule has 2 N–H and O–H groups in total. The molecule has 4 heteroatoms. The summed E-state index contributed by atoms with van der Waals surface area (Å²) in [5.74, 6) is -2.15. The summed E-state index contributed by atoms with van der Waals surface area (Å²) in [5, 5.41) is 18.3. The zero-order valence-corrected chi connectivity index (χ0v) is 13.5. The van der Waals surface area contributed by atoms with Crippen LogP contribution in [0.5, 0.6) is 0 Å².